The molecule has 1 unspecified atom stereocenters. The Morgan fingerprint density at radius 3 is 2.53 bits per heavy atom. The van der Waals surface area contributed by atoms with Gasteiger partial charge in [-0.3, -0.25) is 4.79 Å². The van der Waals surface area contributed by atoms with Crippen molar-refractivity contribution in [2.24, 2.45) is 0 Å². The Bertz CT molecular complexity index is 1010. The second-order valence-electron chi connectivity index (χ2n) is 8.57. The number of carbonyl (C=O) groups excluding carboxylic acids is 1. The number of aryl methyl sites for hydroxylation is 2. The first-order valence-corrected chi connectivity index (χ1v) is 11.5. The molecule has 2 heterocycles. The van der Waals surface area contributed by atoms with Crippen LogP contribution in [0.1, 0.15) is 69.2 Å². The van der Waals surface area contributed by atoms with Crippen LogP contribution in [0.4, 0.5) is 5.69 Å². The van der Waals surface area contributed by atoms with Gasteiger partial charge >= 0.3 is 0 Å². The molecule has 0 spiro atoms. The van der Waals surface area contributed by atoms with E-state index in [1.54, 1.807) is 0 Å². The maximum Gasteiger partial charge on any atom is 0.227 e. The minimum atomic E-state index is 0.143. The number of aromatic nitrogens is 2. The number of carbonyl (C=O) groups is 1. The maximum absolute atomic E-state index is 12.9. The number of hydrogen-bond donors (Lipinski definition) is 0. The standard InChI is InChI=1S/C26H33N3O/c1-3-4-5-6-7-12-17-28-24-16-11-9-14-22(24)27-26(28)21-18-25(30)29(19-21)23-15-10-8-13-20(23)2/h8-11,13-16,21H,3-7,12,17-19H2,1-2H3. The molecule has 1 fully saturated rings. The third kappa shape index (κ3) is 4.28. The molecular weight excluding hydrogens is 370 g/mol. The lowest BCUT2D eigenvalue weighted by molar-refractivity contribution is -0.117. The quantitative estimate of drug-likeness (QED) is 0.397. The van der Waals surface area contributed by atoms with Crippen molar-refractivity contribution in [2.75, 3.05) is 11.4 Å². The van der Waals surface area contributed by atoms with Crippen LogP contribution in [0.15, 0.2) is 48.5 Å². The fraction of sp³-hybridized carbons (Fsp3) is 0.462. The topological polar surface area (TPSA) is 38.1 Å². The smallest absolute Gasteiger partial charge is 0.227 e. The van der Waals surface area contributed by atoms with Crippen LogP contribution >= 0.6 is 0 Å². The van der Waals surface area contributed by atoms with E-state index in [2.05, 4.69) is 48.7 Å². The van der Waals surface area contributed by atoms with Gasteiger partial charge in [-0.15, -0.1) is 0 Å². The van der Waals surface area contributed by atoms with Gasteiger partial charge in [0.15, 0.2) is 0 Å². The molecule has 0 radical (unpaired) electrons. The number of para-hydroxylation sites is 3. The van der Waals surface area contributed by atoms with Gasteiger partial charge in [-0.05, 0) is 37.1 Å². The van der Waals surface area contributed by atoms with Gasteiger partial charge in [0.05, 0.1) is 11.0 Å². The minimum absolute atomic E-state index is 0.143. The van der Waals surface area contributed by atoms with Crippen molar-refractivity contribution in [3.8, 4) is 0 Å². The number of imidazole rings is 1. The zero-order valence-corrected chi connectivity index (χ0v) is 18.3. The molecule has 0 bridgehead atoms. The molecule has 4 rings (SSSR count). The highest BCUT2D eigenvalue weighted by Gasteiger charge is 2.35. The number of nitrogens with zero attached hydrogens (tertiary/aromatic N) is 3. The molecule has 1 aliphatic rings. The largest absolute Gasteiger partial charge is 0.328 e. The molecule has 30 heavy (non-hydrogen) atoms. The summed E-state index contributed by atoms with van der Waals surface area (Å²) < 4.78 is 2.38. The summed E-state index contributed by atoms with van der Waals surface area (Å²) in [5.74, 6) is 1.42. The number of fused-ring (bicyclic) bond motifs is 1. The zero-order chi connectivity index (χ0) is 20.9. The Hall–Kier alpha value is -2.62. The molecule has 4 nitrogen and oxygen atoms in total. The summed E-state index contributed by atoms with van der Waals surface area (Å²) in [4.78, 5) is 19.8. The predicted molar refractivity (Wildman–Crippen MR) is 124 cm³/mol. The van der Waals surface area contributed by atoms with Crippen LogP contribution in [0.5, 0.6) is 0 Å². The highest BCUT2D eigenvalue weighted by molar-refractivity contribution is 5.97. The van der Waals surface area contributed by atoms with Gasteiger partial charge in [0, 0.05) is 31.1 Å². The lowest BCUT2D eigenvalue weighted by atomic mass is 10.1. The van der Waals surface area contributed by atoms with E-state index >= 15 is 0 Å². The Labute approximate surface area is 179 Å². The fourth-order valence-electron chi connectivity index (χ4n) is 4.67. The normalized spacial score (nSPS) is 16.7. The lowest BCUT2D eigenvalue weighted by Gasteiger charge is -2.19. The Morgan fingerprint density at radius 1 is 0.967 bits per heavy atom. The summed E-state index contributed by atoms with van der Waals surface area (Å²) in [7, 11) is 0. The molecule has 1 aliphatic heterocycles. The number of benzene rings is 2. The van der Waals surface area contributed by atoms with Gasteiger partial charge in [-0.25, -0.2) is 4.98 Å². The van der Waals surface area contributed by atoms with Crippen molar-refractivity contribution in [1.29, 1.82) is 0 Å². The molecule has 1 atom stereocenters. The van der Waals surface area contributed by atoms with E-state index in [-0.39, 0.29) is 11.8 Å². The molecule has 2 aromatic carbocycles. The second-order valence-corrected chi connectivity index (χ2v) is 8.57. The molecule has 4 heteroatoms. The first-order chi connectivity index (χ1) is 14.7. The summed E-state index contributed by atoms with van der Waals surface area (Å²) in [6, 6.07) is 16.6. The van der Waals surface area contributed by atoms with Crippen LogP contribution in [0.3, 0.4) is 0 Å². The van der Waals surface area contributed by atoms with Crippen LogP contribution < -0.4 is 4.90 Å². The Balaban J connectivity index is 1.55. The van der Waals surface area contributed by atoms with Gasteiger partial charge in [0.1, 0.15) is 5.82 Å². The summed E-state index contributed by atoms with van der Waals surface area (Å²) in [5, 5.41) is 0. The highest BCUT2D eigenvalue weighted by Crippen LogP contribution is 2.34. The van der Waals surface area contributed by atoms with E-state index in [1.165, 1.54) is 44.0 Å². The lowest BCUT2D eigenvalue weighted by Crippen LogP contribution is -2.25. The SMILES string of the molecule is CCCCCCCCn1c(C2CC(=O)N(c3ccccc3C)C2)nc2ccccc21. The first-order valence-electron chi connectivity index (χ1n) is 11.5. The third-order valence-corrected chi connectivity index (χ3v) is 6.32. The Kier molecular flexibility index (Phi) is 6.51. The van der Waals surface area contributed by atoms with E-state index in [0.29, 0.717) is 13.0 Å². The van der Waals surface area contributed by atoms with Gasteiger partial charge in [0.25, 0.3) is 0 Å². The first kappa shape index (κ1) is 20.6. The minimum Gasteiger partial charge on any atom is -0.328 e. The molecule has 1 aromatic heterocycles. The molecule has 1 amide bonds. The molecule has 1 saturated heterocycles. The van der Waals surface area contributed by atoms with Crippen LogP contribution in [-0.2, 0) is 11.3 Å². The summed E-state index contributed by atoms with van der Waals surface area (Å²) >= 11 is 0. The maximum atomic E-state index is 12.9. The van der Waals surface area contributed by atoms with Gasteiger partial charge in [-0.2, -0.15) is 0 Å². The van der Waals surface area contributed by atoms with Crippen molar-refractivity contribution < 1.29 is 4.79 Å². The molecule has 0 saturated carbocycles. The van der Waals surface area contributed by atoms with E-state index in [1.807, 2.05) is 23.1 Å². The summed E-state index contributed by atoms with van der Waals surface area (Å²) in [6.45, 7) is 6.03. The fourth-order valence-corrected chi connectivity index (χ4v) is 4.67. The molecule has 158 valence electrons. The summed E-state index contributed by atoms with van der Waals surface area (Å²) in [5.41, 5.74) is 4.42. The molecule has 0 aliphatic carbocycles. The van der Waals surface area contributed by atoms with Crippen molar-refractivity contribution in [3.05, 3.63) is 59.9 Å². The second kappa shape index (κ2) is 9.46. The number of rotatable bonds is 9. The molecule has 3 aromatic rings. The number of amides is 1. The predicted octanol–water partition coefficient (Wildman–Crippen LogP) is 6.23. The number of anilines is 1. The van der Waals surface area contributed by atoms with Crippen LogP contribution in [-0.4, -0.2) is 22.0 Å². The Morgan fingerprint density at radius 2 is 1.70 bits per heavy atom. The van der Waals surface area contributed by atoms with Crippen LogP contribution in [0, 0.1) is 6.92 Å². The van der Waals surface area contributed by atoms with Crippen LogP contribution in [0.25, 0.3) is 11.0 Å². The monoisotopic (exact) mass is 403 g/mol. The summed E-state index contributed by atoms with van der Waals surface area (Å²) in [6.07, 6.45) is 8.20. The van der Waals surface area contributed by atoms with E-state index in [9.17, 15) is 4.79 Å². The van der Waals surface area contributed by atoms with Gasteiger partial charge in [0.2, 0.25) is 5.91 Å². The molecular formula is C26H33N3O. The van der Waals surface area contributed by atoms with Crippen molar-refractivity contribution in [2.45, 2.75) is 71.3 Å². The number of hydrogen-bond acceptors (Lipinski definition) is 2. The van der Waals surface area contributed by atoms with Crippen LogP contribution in [0.2, 0.25) is 0 Å². The number of unbranched alkanes of at least 4 members (excludes halogenated alkanes) is 5. The highest BCUT2D eigenvalue weighted by atomic mass is 16.2. The van der Waals surface area contributed by atoms with Gasteiger partial charge < -0.3 is 9.47 Å². The zero-order valence-electron chi connectivity index (χ0n) is 18.3. The molecule has 0 N–H and O–H groups in total. The van der Waals surface area contributed by atoms with E-state index in [4.69, 9.17) is 4.98 Å². The third-order valence-electron chi connectivity index (χ3n) is 6.32. The van der Waals surface area contributed by atoms with E-state index < -0.39 is 0 Å². The van der Waals surface area contributed by atoms with Crippen molar-refractivity contribution >= 4 is 22.6 Å². The van der Waals surface area contributed by atoms with Gasteiger partial charge in [-0.1, -0.05) is 69.4 Å². The van der Waals surface area contributed by atoms with E-state index in [0.717, 1.165) is 29.1 Å². The van der Waals surface area contributed by atoms with Crippen molar-refractivity contribution in [1.82, 2.24) is 9.55 Å². The average molecular weight is 404 g/mol. The van der Waals surface area contributed by atoms with Crippen molar-refractivity contribution in [3.63, 3.8) is 0 Å². The average Bonchev–Trinajstić information content (AvgIpc) is 3.31.